The zero-order valence-electron chi connectivity index (χ0n) is 11.2. The summed E-state index contributed by atoms with van der Waals surface area (Å²) in [5.74, 6) is -8.53. The first-order valence-electron chi connectivity index (χ1n) is 6.75. The van der Waals surface area contributed by atoms with E-state index in [-0.39, 0.29) is 11.8 Å². The number of hydrogen-bond acceptors (Lipinski definition) is 2. The SMILES string of the molecule is O=C(O)C1C2C=CC(C2)C1C(=O)Nc1ccc(F)c(F)c1F. The highest BCUT2D eigenvalue weighted by Crippen LogP contribution is 2.48. The summed E-state index contributed by atoms with van der Waals surface area (Å²) in [5, 5.41) is 11.4. The first-order valence-corrected chi connectivity index (χ1v) is 6.75. The summed E-state index contributed by atoms with van der Waals surface area (Å²) in [7, 11) is 0. The second-order valence-corrected chi connectivity index (χ2v) is 5.55. The molecule has 1 amide bonds. The fourth-order valence-electron chi connectivity index (χ4n) is 3.35. The van der Waals surface area contributed by atoms with Crippen LogP contribution in [-0.4, -0.2) is 17.0 Å². The van der Waals surface area contributed by atoms with Crippen LogP contribution in [0, 0.1) is 41.1 Å². The smallest absolute Gasteiger partial charge is 0.307 e. The highest BCUT2D eigenvalue weighted by atomic mass is 19.2. The van der Waals surface area contributed by atoms with E-state index in [2.05, 4.69) is 5.32 Å². The second-order valence-electron chi connectivity index (χ2n) is 5.55. The van der Waals surface area contributed by atoms with Gasteiger partial charge in [0.05, 0.1) is 17.5 Å². The number of amides is 1. The molecule has 1 aromatic rings. The summed E-state index contributed by atoms with van der Waals surface area (Å²) in [5.41, 5.74) is -0.500. The molecule has 1 aromatic carbocycles. The molecule has 2 aliphatic carbocycles. The molecule has 0 aromatic heterocycles. The lowest BCUT2D eigenvalue weighted by molar-refractivity contribution is -0.146. The minimum absolute atomic E-state index is 0.229. The summed E-state index contributed by atoms with van der Waals surface area (Å²) in [4.78, 5) is 23.6. The molecule has 4 nitrogen and oxygen atoms in total. The molecule has 0 saturated heterocycles. The van der Waals surface area contributed by atoms with E-state index < -0.39 is 46.9 Å². The summed E-state index contributed by atoms with van der Waals surface area (Å²) in [6, 6.07) is 1.61. The number of anilines is 1. The number of hydrogen-bond donors (Lipinski definition) is 2. The molecular weight excluding hydrogens is 299 g/mol. The van der Waals surface area contributed by atoms with Crippen LogP contribution >= 0.6 is 0 Å². The van der Waals surface area contributed by atoms with Crippen LogP contribution in [0.5, 0.6) is 0 Å². The number of carbonyl (C=O) groups excluding carboxylic acids is 1. The van der Waals surface area contributed by atoms with Gasteiger partial charge in [-0.25, -0.2) is 13.2 Å². The van der Waals surface area contributed by atoms with Gasteiger partial charge in [0.15, 0.2) is 17.5 Å². The van der Waals surface area contributed by atoms with Crippen LogP contribution < -0.4 is 5.32 Å². The number of aliphatic carboxylic acids is 1. The summed E-state index contributed by atoms with van der Waals surface area (Å²) < 4.78 is 39.6. The Kier molecular flexibility index (Phi) is 3.42. The van der Waals surface area contributed by atoms with Gasteiger partial charge < -0.3 is 10.4 Å². The zero-order valence-corrected chi connectivity index (χ0v) is 11.2. The van der Waals surface area contributed by atoms with E-state index in [1.807, 2.05) is 0 Å². The zero-order chi connectivity index (χ0) is 16.0. The van der Waals surface area contributed by atoms with Crippen molar-refractivity contribution in [1.82, 2.24) is 0 Å². The number of allylic oxidation sites excluding steroid dienone is 2. The third kappa shape index (κ3) is 2.17. The van der Waals surface area contributed by atoms with E-state index >= 15 is 0 Å². The fourth-order valence-corrected chi connectivity index (χ4v) is 3.35. The average Bonchev–Trinajstić information content (AvgIpc) is 3.08. The summed E-state index contributed by atoms with van der Waals surface area (Å²) in [6.07, 6.45) is 4.09. The van der Waals surface area contributed by atoms with E-state index in [1.54, 1.807) is 12.2 Å². The number of fused-ring (bicyclic) bond motifs is 2. The minimum Gasteiger partial charge on any atom is -0.481 e. The minimum atomic E-state index is -1.68. The molecule has 2 N–H and O–H groups in total. The van der Waals surface area contributed by atoms with Gasteiger partial charge in [0.1, 0.15) is 0 Å². The number of carbonyl (C=O) groups is 2. The van der Waals surface area contributed by atoms with Gasteiger partial charge in [0, 0.05) is 0 Å². The Hall–Kier alpha value is -2.31. The number of carboxylic acid groups (broad SMARTS) is 1. The van der Waals surface area contributed by atoms with Crippen molar-refractivity contribution in [2.45, 2.75) is 6.42 Å². The van der Waals surface area contributed by atoms with Gasteiger partial charge in [0.25, 0.3) is 0 Å². The first kappa shape index (κ1) is 14.6. The maximum atomic E-state index is 13.6. The molecule has 4 unspecified atom stereocenters. The van der Waals surface area contributed by atoms with Crippen LogP contribution in [0.3, 0.4) is 0 Å². The van der Waals surface area contributed by atoms with Crippen LogP contribution in [0.1, 0.15) is 6.42 Å². The van der Waals surface area contributed by atoms with Crippen LogP contribution in [0.15, 0.2) is 24.3 Å². The molecule has 4 atom stereocenters. The van der Waals surface area contributed by atoms with Gasteiger partial charge in [-0.15, -0.1) is 0 Å². The monoisotopic (exact) mass is 311 g/mol. The molecule has 116 valence electrons. The predicted octanol–water partition coefficient (Wildman–Crippen LogP) is 2.57. The molecule has 1 fully saturated rings. The van der Waals surface area contributed by atoms with Crippen molar-refractivity contribution in [3.8, 4) is 0 Å². The van der Waals surface area contributed by atoms with Gasteiger partial charge in [0.2, 0.25) is 5.91 Å². The molecule has 0 radical (unpaired) electrons. The first-order chi connectivity index (χ1) is 10.4. The highest BCUT2D eigenvalue weighted by molar-refractivity contribution is 5.96. The van der Waals surface area contributed by atoms with Gasteiger partial charge in [-0.2, -0.15) is 0 Å². The average molecular weight is 311 g/mol. The second kappa shape index (κ2) is 5.15. The van der Waals surface area contributed by atoms with Gasteiger partial charge in [-0.1, -0.05) is 12.2 Å². The largest absolute Gasteiger partial charge is 0.481 e. The van der Waals surface area contributed by atoms with Crippen molar-refractivity contribution >= 4 is 17.6 Å². The van der Waals surface area contributed by atoms with Crippen molar-refractivity contribution in [2.75, 3.05) is 5.32 Å². The standard InChI is InChI=1S/C15H12F3NO3/c16-8-3-4-9(13(18)12(8)17)19-14(20)10-6-1-2-7(5-6)11(10)15(21)22/h1-4,6-7,10-11H,5H2,(H,19,20)(H,21,22). The molecule has 0 aliphatic heterocycles. The van der Waals surface area contributed by atoms with E-state index in [9.17, 15) is 27.9 Å². The van der Waals surface area contributed by atoms with Gasteiger partial charge in [-0.05, 0) is 30.4 Å². The van der Waals surface area contributed by atoms with E-state index in [4.69, 9.17) is 0 Å². The van der Waals surface area contributed by atoms with Crippen molar-refractivity contribution in [3.05, 3.63) is 41.7 Å². The van der Waals surface area contributed by atoms with Crippen LogP contribution in [-0.2, 0) is 9.59 Å². The Morgan fingerprint density at radius 1 is 1.05 bits per heavy atom. The Morgan fingerprint density at radius 3 is 2.32 bits per heavy atom. The van der Waals surface area contributed by atoms with Crippen molar-refractivity contribution in [2.24, 2.45) is 23.7 Å². The summed E-state index contributed by atoms with van der Waals surface area (Å²) >= 11 is 0. The van der Waals surface area contributed by atoms with E-state index in [0.717, 1.165) is 6.07 Å². The Morgan fingerprint density at radius 2 is 1.68 bits per heavy atom. The van der Waals surface area contributed by atoms with E-state index in [0.29, 0.717) is 12.5 Å². The molecule has 0 spiro atoms. The van der Waals surface area contributed by atoms with Gasteiger partial charge >= 0.3 is 5.97 Å². The Balaban J connectivity index is 1.85. The third-order valence-corrected chi connectivity index (χ3v) is 4.34. The Bertz CT molecular complexity index is 689. The Labute approximate surface area is 123 Å². The van der Waals surface area contributed by atoms with Crippen LogP contribution in [0.4, 0.5) is 18.9 Å². The fraction of sp³-hybridized carbons (Fsp3) is 0.333. The lowest BCUT2D eigenvalue weighted by Gasteiger charge is -2.24. The maximum Gasteiger partial charge on any atom is 0.307 e. The highest BCUT2D eigenvalue weighted by Gasteiger charge is 2.51. The van der Waals surface area contributed by atoms with Crippen molar-refractivity contribution in [3.63, 3.8) is 0 Å². The number of halogens is 3. The normalized spacial score (nSPS) is 28.9. The molecule has 3 rings (SSSR count). The van der Waals surface area contributed by atoms with Crippen molar-refractivity contribution < 1.29 is 27.9 Å². The topological polar surface area (TPSA) is 66.4 Å². The van der Waals surface area contributed by atoms with Crippen LogP contribution in [0.2, 0.25) is 0 Å². The number of benzene rings is 1. The lowest BCUT2D eigenvalue weighted by Crippen LogP contribution is -2.36. The molecule has 0 heterocycles. The third-order valence-electron chi connectivity index (χ3n) is 4.34. The molecule has 2 bridgehead atoms. The number of carboxylic acids is 1. The summed E-state index contributed by atoms with van der Waals surface area (Å²) in [6.45, 7) is 0. The number of nitrogens with one attached hydrogen (secondary N) is 1. The maximum absolute atomic E-state index is 13.6. The van der Waals surface area contributed by atoms with Crippen LogP contribution in [0.25, 0.3) is 0 Å². The molecule has 2 aliphatic rings. The quantitative estimate of drug-likeness (QED) is 0.666. The molecular formula is C15H12F3NO3. The van der Waals surface area contributed by atoms with E-state index in [1.165, 1.54) is 0 Å². The van der Waals surface area contributed by atoms with Gasteiger partial charge in [-0.3, -0.25) is 9.59 Å². The lowest BCUT2D eigenvalue weighted by atomic mass is 9.82. The molecule has 7 heteroatoms. The van der Waals surface area contributed by atoms with Crippen molar-refractivity contribution in [1.29, 1.82) is 0 Å². The molecule has 1 saturated carbocycles. The number of rotatable bonds is 3. The predicted molar refractivity (Wildman–Crippen MR) is 70.3 cm³/mol. The molecule has 22 heavy (non-hydrogen) atoms.